The standard InChI is InChI=1S/C20H30N2O3/c23-18-10-13-21(14-11-18)19(24)7-3-4-8-20(25)22-12-9-16-5-1-2-6-17(16)15-22/h6,16H,1-5,7-15H2. The fourth-order valence-corrected chi connectivity index (χ4v) is 4.23. The molecule has 0 N–H and O–H groups in total. The molecule has 0 aromatic carbocycles. The van der Waals surface area contributed by atoms with E-state index in [0.29, 0.717) is 44.7 Å². The maximum absolute atomic E-state index is 12.4. The Bertz CT molecular complexity index is 545. The van der Waals surface area contributed by atoms with E-state index in [-0.39, 0.29) is 17.6 Å². The number of Topliss-reactive ketones (excluding diaryl/α,β-unsaturated/α-hetero) is 1. The summed E-state index contributed by atoms with van der Waals surface area (Å²) in [4.78, 5) is 39.6. The number of carbonyl (C=O) groups excluding carboxylic acids is 3. The maximum atomic E-state index is 12.4. The predicted molar refractivity (Wildman–Crippen MR) is 95.9 cm³/mol. The van der Waals surface area contributed by atoms with Gasteiger partial charge in [-0.15, -0.1) is 0 Å². The number of fused-ring (bicyclic) bond motifs is 1. The van der Waals surface area contributed by atoms with E-state index in [0.717, 1.165) is 38.8 Å². The minimum atomic E-state index is 0.133. The van der Waals surface area contributed by atoms with Gasteiger partial charge in [-0.05, 0) is 44.4 Å². The monoisotopic (exact) mass is 346 g/mol. The largest absolute Gasteiger partial charge is 0.342 e. The first-order valence-corrected chi connectivity index (χ1v) is 9.89. The van der Waals surface area contributed by atoms with E-state index in [1.807, 2.05) is 4.90 Å². The molecule has 2 aliphatic heterocycles. The molecule has 5 heteroatoms. The molecule has 5 nitrogen and oxygen atoms in total. The van der Waals surface area contributed by atoms with E-state index in [2.05, 4.69) is 6.08 Å². The van der Waals surface area contributed by atoms with Crippen LogP contribution in [0.15, 0.2) is 11.6 Å². The van der Waals surface area contributed by atoms with E-state index < -0.39 is 0 Å². The second kappa shape index (κ2) is 8.63. The number of unbranched alkanes of at least 4 members (excludes halogenated alkanes) is 1. The van der Waals surface area contributed by atoms with Crippen molar-refractivity contribution in [3.63, 3.8) is 0 Å². The van der Waals surface area contributed by atoms with Crippen LogP contribution in [-0.4, -0.2) is 53.6 Å². The molecular formula is C20H30N2O3. The van der Waals surface area contributed by atoms with Crippen molar-refractivity contribution >= 4 is 17.6 Å². The van der Waals surface area contributed by atoms with Gasteiger partial charge in [0.05, 0.1) is 0 Å². The van der Waals surface area contributed by atoms with Crippen molar-refractivity contribution in [1.82, 2.24) is 9.80 Å². The number of amides is 2. The summed E-state index contributed by atoms with van der Waals surface area (Å²) >= 11 is 0. The lowest BCUT2D eigenvalue weighted by atomic mass is 9.82. The molecule has 3 aliphatic rings. The number of piperidine rings is 2. The highest BCUT2D eigenvalue weighted by Crippen LogP contribution is 2.32. The second-order valence-corrected chi connectivity index (χ2v) is 7.64. The average molecular weight is 346 g/mol. The van der Waals surface area contributed by atoms with Crippen molar-refractivity contribution in [1.29, 1.82) is 0 Å². The van der Waals surface area contributed by atoms with Gasteiger partial charge in [-0.3, -0.25) is 14.4 Å². The first-order valence-electron chi connectivity index (χ1n) is 9.89. The summed E-state index contributed by atoms with van der Waals surface area (Å²) in [6.45, 7) is 2.85. The fraction of sp³-hybridized carbons (Fsp3) is 0.750. The highest BCUT2D eigenvalue weighted by Gasteiger charge is 2.27. The summed E-state index contributed by atoms with van der Waals surface area (Å²) in [6, 6.07) is 0. The molecule has 1 atom stereocenters. The lowest BCUT2D eigenvalue weighted by Gasteiger charge is -2.36. The van der Waals surface area contributed by atoms with Crippen molar-refractivity contribution in [3.8, 4) is 0 Å². The van der Waals surface area contributed by atoms with Gasteiger partial charge in [0, 0.05) is 51.9 Å². The normalized spacial score (nSPS) is 23.9. The third-order valence-electron chi connectivity index (χ3n) is 5.87. The molecule has 2 fully saturated rings. The Balaban J connectivity index is 1.33. The van der Waals surface area contributed by atoms with Crippen LogP contribution in [0.4, 0.5) is 0 Å². The fourth-order valence-electron chi connectivity index (χ4n) is 4.23. The summed E-state index contributed by atoms with van der Waals surface area (Å²) in [5.41, 5.74) is 1.47. The van der Waals surface area contributed by atoms with Crippen LogP contribution in [0.3, 0.4) is 0 Å². The van der Waals surface area contributed by atoms with Gasteiger partial charge >= 0.3 is 0 Å². The molecule has 3 rings (SSSR count). The topological polar surface area (TPSA) is 57.7 Å². The van der Waals surface area contributed by atoms with Crippen LogP contribution in [0.2, 0.25) is 0 Å². The van der Waals surface area contributed by atoms with Gasteiger partial charge in [0.25, 0.3) is 0 Å². The predicted octanol–water partition coefficient (Wildman–Crippen LogP) is 2.70. The van der Waals surface area contributed by atoms with Crippen molar-refractivity contribution in [2.45, 2.75) is 64.2 Å². The second-order valence-electron chi connectivity index (χ2n) is 7.64. The molecule has 138 valence electrons. The van der Waals surface area contributed by atoms with Gasteiger partial charge in [-0.25, -0.2) is 0 Å². The Labute approximate surface area is 150 Å². The quantitative estimate of drug-likeness (QED) is 0.568. The Hall–Kier alpha value is -1.65. The van der Waals surface area contributed by atoms with E-state index in [1.54, 1.807) is 4.90 Å². The highest BCUT2D eigenvalue weighted by molar-refractivity contribution is 5.83. The Kier molecular flexibility index (Phi) is 6.27. The van der Waals surface area contributed by atoms with Crippen LogP contribution in [0.5, 0.6) is 0 Å². The number of hydrogen-bond donors (Lipinski definition) is 0. The average Bonchev–Trinajstić information content (AvgIpc) is 2.65. The molecule has 2 saturated heterocycles. The van der Waals surface area contributed by atoms with Crippen LogP contribution in [-0.2, 0) is 14.4 Å². The Morgan fingerprint density at radius 2 is 1.64 bits per heavy atom. The molecule has 1 aliphatic carbocycles. The number of likely N-dealkylation sites (tertiary alicyclic amines) is 2. The molecule has 0 aromatic heterocycles. The molecule has 0 aromatic rings. The zero-order chi connectivity index (χ0) is 17.6. The van der Waals surface area contributed by atoms with Gasteiger partial charge in [0.2, 0.25) is 11.8 Å². The third kappa shape index (κ3) is 4.93. The molecule has 0 saturated carbocycles. The van der Waals surface area contributed by atoms with Gasteiger partial charge in [0.15, 0.2) is 0 Å². The zero-order valence-corrected chi connectivity index (χ0v) is 15.2. The third-order valence-corrected chi connectivity index (χ3v) is 5.87. The van der Waals surface area contributed by atoms with E-state index in [1.165, 1.54) is 18.4 Å². The van der Waals surface area contributed by atoms with Crippen LogP contribution < -0.4 is 0 Å². The Morgan fingerprint density at radius 3 is 2.36 bits per heavy atom. The Morgan fingerprint density at radius 1 is 0.960 bits per heavy atom. The minimum Gasteiger partial charge on any atom is -0.342 e. The van der Waals surface area contributed by atoms with E-state index in [4.69, 9.17) is 0 Å². The summed E-state index contributed by atoms with van der Waals surface area (Å²) in [7, 11) is 0. The number of carbonyl (C=O) groups is 3. The van der Waals surface area contributed by atoms with Gasteiger partial charge in [0.1, 0.15) is 5.78 Å². The minimum absolute atomic E-state index is 0.133. The molecule has 2 heterocycles. The first kappa shape index (κ1) is 18.2. The number of hydrogen-bond acceptors (Lipinski definition) is 3. The SMILES string of the molecule is O=C1CCN(C(=O)CCCCC(=O)N2CCC3CCCC=C3C2)CC1. The number of rotatable bonds is 5. The van der Waals surface area contributed by atoms with Crippen LogP contribution in [0.1, 0.15) is 64.2 Å². The summed E-state index contributed by atoms with van der Waals surface area (Å²) in [5.74, 6) is 1.34. The van der Waals surface area contributed by atoms with Crippen LogP contribution in [0.25, 0.3) is 0 Å². The summed E-state index contributed by atoms with van der Waals surface area (Å²) < 4.78 is 0. The lowest BCUT2D eigenvalue weighted by molar-refractivity contribution is -0.135. The lowest BCUT2D eigenvalue weighted by Crippen LogP contribution is -2.40. The molecule has 1 unspecified atom stereocenters. The number of allylic oxidation sites excluding steroid dienone is 1. The first-order chi connectivity index (χ1) is 12.1. The summed E-state index contributed by atoms with van der Waals surface area (Å²) in [5, 5.41) is 0. The van der Waals surface area contributed by atoms with Gasteiger partial charge in [-0.2, -0.15) is 0 Å². The molecule has 2 amide bonds. The zero-order valence-electron chi connectivity index (χ0n) is 15.2. The molecule has 0 bridgehead atoms. The van der Waals surface area contributed by atoms with Crippen molar-refractivity contribution < 1.29 is 14.4 Å². The van der Waals surface area contributed by atoms with Crippen molar-refractivity contribution in [2.75, 3.05) is 26.2 Å². The van der Waals surface area contributed by atoms with Crippen LogP contribution in [0, 0.1) is 5.92 Å². The molecule has 0 radical (unpaired) electrons. The van der Waals surface area contributed by atoms with Crippen molar-refractivity contribution in [2.24, 2.45) is 5.92 Å². The molecule has 0 spiro atoms. The van der Waals surface area contributed by atoms with Crippen molar-refractivity contribution in [3.05, 3.63) is 11.6 Å². The van der Waals surface area contributed by atoms with Gasteiger partial charge in [-0.1, -0.05) is 11.6 Å². The number of nitrogens with zero attached hydrogens (tertiary/aromatic N) is 2. The van der Waals surface area contributed by atoms with E-state index in [9.17, 15) is 14.4 Å². The maximum Gasteiger partial charge on any atom is 0.222 e. The highest BCUT2D eigenvalue weighted by atomic mass is 16.2. The van der Waals surface area contributed by atoms with Gasteiger partial charge < -0.3 is 9.80 Å². The molecular weight excluding hydrogens is 316 g/mol. The smallest absolute Gasteiger partial charge is 0.222 e. The molecule has 25 heavy (non-hydrogen) atoms. The number of ketones is 1. The van der Waals surface area contributed by atoms with Crippen LogP contribution >= 0.6 is 0 Å². The summed E-state index contributed by atoms with van der Waals surface area (Å²) in [6.07, 6.45) is 10.8. The van der Waals surface area contributed by atoms with E-state index >= 15 is 0 Å².